The summed E-state index contributed by atoms with van der Waals surface area (Å²) in [6.45, 7) is 0. The largest absolute Gasteiger partial charge is 0.496 e. The summed E-state index contributed by atoms with van der Waals surface area (Å²) in [5.41, 5.74) is 1.22. The van der Waals surface area contributed by atoms with Crippen molar-refractivity contribution in [1.29, 1.82) is 0 Å². The Morgan fingerprint density at radius 2 is 1.11 bits per heavy atom. The van der Waals surface area contributed by atoms with Crippen LogP contribution in [-0.2, 0) is 0 Å². The minimum Gasteiger partial charge on any atom is -0.496 e. The van der Waals surface area contributed by atoms with Crippen molar-refractivity contribution in [2.45, 2.75) is 0 Å². The summed E-state index contributed by atoms with van der Waals surface area (Å²) in [5, 5.41) is 12.3. The summed E-state index contributed by atoms with van der Waals surface area (Å²) in [4.78, 5) is 24.9. The number of ether oxygens (including phenoxy) is 1. The van der Waals surface area contributed by atoms with E-state index in [0.717, 1.165) is 10.8 Å². The molecule has 0 spiro atoms. The van der Waals surface area contributed by atoms with Gasteiger partial charge in [0.1, 0.15) is 5.75 Å². The molecule has 132 valence electrons. The predicted molar refractivity (Wildman–Crippen MR) is 105 cm³/mol. The van der Waals surface area contributed by atoms with Crippen LogP contribution >= 0.6 is 0 Å². The highest BCUT2D eigenvalue weighted by atomic mass is 16.5. The molecule has 1 N–H and O–H groups in total. The number of aromatic carboxylic acids is 1. The van der Waals surface area contributed by atoms with Crippen molar-refractivity contribution in [3.8, 4) is 5.75 Å². The number of carboxylic acids is 1. The summed E-state index contributed by atoms with van der Waals surface area (Å²) in [6.07, 6.45) is 0. The predicted octanol–water partition coefficient (Wildman–Crippen LogP) is 4.93. The molecular formula is C23H16O4. The van der Waals surface area contributed by atoms with Gasteiger partial charge in [0.25, 0.3) is 0 Å². The van der Waals surface area contributed by atoms with Gasteiger partial charge >= 0.3 is 5.97 Å². The zero-order chi connectivity index (χ0) is 19.0. The Kier molecular flexibility index (Phi) is 4.09. The minimum absolute atomic E-state index is 0.151. The second kappa shape index (κ2) is 6.57. The van der Waals surface area contributed by atoms with E-state index in [0.29, 0.717) is 27.6 Å². The lowest BCUT2D eigenvalue weighted by Crippen LogP contribution is -2.06. The van der Waals surface area contributed by atoms with E-state index in [4.69, 9.17) is 4.74 Å². The third-order valence-electron chi connectivity index (χ3n) is 4.75. The van der Waals surface area contributed by atoms with Crippen LogP contribution in [0.25, 0.3) is 21.5 Å². The number of carboxylic acid groups (broad SMARTS) is 1. The first kappa shape index (κ1) is 16.8. The normalized spacial score (nSPS) is 10.9. The number of methoxy groups -OCH3 is 1. The van der Waals surface area contributed by atoms with E-state index >= 15 is 0 Å². The third kappa shape index (κ3) is 2.72. The molecule has 4 nitrogen and oxygen atoms in total. The van der Waals surface area contributed by atoms with Crippen LogP contribution in [0, 0.1) is 0 Å². The third-order valence-corrected chi connectivity index (χ3v) is 4.75. The highest BCUT2D eigenvalue weighted by molar-refractivity contribution is 6.23. The summed E-state index contributed by atoms with van der Waals surface area (Å²) < 4.78 is 5.40. The highest BCUT2D eigenvalue weighted by Crippen LogP contribution is 2.31. The number of carbonyl (C=O) groups is 2. The van der Waals surface area contributed by atoms with Crippen molar-refractivity contribution in [3.05, 3.63) is 89.5 Å². The van der Waals surface area contributed by atoms with Crippen LogP contribution in [0.2, 0.25) is 0 Å². The van der Waals surface area contributed by atoms with E-state index in [9.17, 15) is 14.7 Å². The molecule has 4 aromatic carbocycles. The number of carbonyl (C=O) groups excluding carboxylic acids is 1. The van der Waals surface area contributed by atoms with Gasteiger partial charge in [0.15, 0.2) is 5.78 Å². The Morgan fingerprint density at radius 1 is 0.667 bits per heavy atom. The molecule has 0 amide bonds. The zero-order valence-corrected chi connectivity index (χ0v) is 14.6. The van der Waals surface area contributed by atoms with Crippen LogP contribution in [0.1, 0.15) is 26.3 Å². The number of rotatable bonds is 4. The van der Waals surface area contributed by atoms with E-state index in [1.807, 2.05) is 24.3 Å². The van der Waals surface area contributed by atoms with Crippen LogP contribution in [0.15, 0.2) is 72.8 Å². The fraction of sp³-hybridized carbons (Fsp3) is 0.0435. The second-order valence-electron chi connectivity index (χ2n) is 6.20. The van der Waals surface area contributed by atoms with Gasteiger partial charge in [0.2, 0.25) is 0 Å². The lowest BCUT2D eigenvalue weighted by atomic mass is 9.92. The van der Waals surface area contributed by atoms with Crippen molar-refractivity contribution in [3.63, 3.8) is 0 Å². The lowest BCUT2D eigenvalue weighted by molar-refractivity contribution is 0.0698. The summed E-state index contributed by atoms with van der Waals surface area (Å²) in [6, 6.07) is 21.3. The van der Waals surface area contributed by atoms with Crippen LogP contribution in [0.4, 0.5) is 0 Å². The molecule has 0 radical (unpaired) electrons. The molecule has 0 aliphatic rings. The van der Waals surface area contributed by atoms with Crippen molar-refractivity contribution in [1.82, 2.24) is 0 Å². The second-order valence-corrected chi connectivity index (χ2v) is 6.20. The lowest BCUT2D eigenvalue weighted by Gasteiger charge is -2.12. The molecule has 0 unspecified atom stereocenters. The van der Waals surface area contributed by atoms with E-state index < -0.39 is 5.97 Å². The van der Waals surface area contributed by atoms with Gasteiger partial charge in [-0.3, -0.25) is 4.79 Å². The smallest absolute Gasteiger partial charge is 0.336 e. The van der Waals surface area contributed by atoms with Gasteiger partial charge in [-0.15, -0.1) is 0 Å². The Balaban J connectivity index is 1.96. The monoisotopic (exact) mass is 356 g/mol. The van der Waals surface area contributed by atoms with Gasteiger partial charge < -0.3 is 9.84 Å². The number of benzene rings is 4. The molecule has 0 bridgehead atoms. The molecule has 0 heterocycles. The molecular weight excluding hydrogens is 340 g/mol. The van der Waals surface area contributed by atoms with Crippen LogP contribution in [0.3, 0.4) is 0 Å². The molecule has 0 aliphatic carbocycles. The maximum Gasteiger partial charge on any atom is 0.336 e. The Morgan fingerprint density at radius 3 is 1.67 bits per heavy atom. The molecule has 4 heteroatoms. The first-order valence-electron chi connectivity index (χ1n) is 8.47. The maximum absolute atomic E-state index is 13.4. The van der Waals surface area contributed by atoms with Gasteiger partial charge in [0, 0.05) is 16.5 Å². The summed E-state index contributed by atoms with van der Waals surface area (Å²) >= 11 is 0. The Bertz CT molecular complexity index is 1210. The van der Waals surface area contributed by atoms with Crippen molar-refractivity contribution >= 4 is 33.3 Å². The Hall–Kier alpha value is -3.66. The molecule has 0 aromatic heterocycles. The molecule has 0 saturated carbocycles. The maximum atomic E-state index is 13.4. The van der Waals surface area contributed by atoms with Gasteiger partial charge in [0.05, 0.1) is 12.7 Å². The molecule has 0 atom stereocenters. The standard InChI is InChI=1S/C23H16O4/c1-27-21-13-12-19(16-8-4-5-9-17(16)21)22(24)18-10-11-20(23(25)26)15-7-3-2-6-14(15)18/h2-13H,1H3,(H,25,26). The van der Waals surface area contributed by atoms with Gasteiger partial charge in [-0.2, -0.15) is 0 Å². The summed E-state index contributed by atoms with van der Waals surface area (Å²) in [7, 11) is 1.60. The van der Waals surface area contributed by atoms with Crippen LogP contribution < -0.4 is 4.74 Å². The first-order chi connectivity index (χ1) is 13.1. The average molecular weight is 356 g/mol. The molecule has 27 heavy (non-hydrogen) atoms. The zero-order valence-electron chi connectivity index (χ0n) is 14.6. The van der Waals surface area contributed by atoms with Gasteiger partial charge in [-0.25, -0.2) is 4.79 Å². The van der Waals surface area contributed by atoms with Gasteiger partial charge in [-0.05, 0) is 40.4 Å². The van der Waals surface area contributed by atoms with E-state index in [-0.39, 0.29) is 11.3 Å². The number of hydrogen-bond acceptors (Lipinski definition) is 3. The van der Waals surface area contributed by atoms with Crippen molar-refractivity contribution in [2.75, 3.05) is 7.11 Å². The van der Waals surface area contributed by atoms with Crippen LogP contribution in [0.5, 0.6) is 5.75 Å². The fourth-order valence-electron chi connectivity index (χ4n) is 3.48. The van der Waals surface area contributed by atoms with E-state index in [2.05, 4.69) is 0 Å². The molecule has 0 fully saturated rings. The number of fused-ring (bicyclic) bond motifs is 2. The van der Waals surface area contributed by atoms with E-state index in [1.54, 1.807) is 49.6 Å². The fourth-order valence-corrected chi connectivity index (χ4v) is 3.48. The topological polar surface area (TPSA) is 63.6 Å². The summed E-state index contributed by atoms with van der Waals surface area (Å²) in [5.74, 6) is -0.463. The average Bonchev–Trinajstić information content (AvgIpc) is 2.71. The van der Waals surface area contributed by atoms with Gasteiger partial charge in [-0.1, -0.05) is 48.5 Å². The quantitative estimate of drug-likeness (QED) is 0.527. The van der Waals surface area contributed by atoms with Crippen molar-refractivity contribution < 1.29 is 19.4 Å². The molecule has 4 aromatic rings. The SMILES string of the molecule is COc1ccc(C(=O)c2ccc(C(=O)O)c3ccccc23)c2ccccc12. The molecule has 0 saturated heterocycles. The van der Waals surface area contributed by atoms with E-state index in [1.165, 1.54) is 6.07 Å². The number of ketones is 1. The number of hydrogen-bond donors (Lipinski definition) is 1. The Labute approximate surface area is 155 Å². The highest BCUT2D eigenvalue weighted by Gasteiger charge is 2.19. The molecule has 0 aliphatic heterocycles. The first-order valence-corrected chi connectivity index (χ1v) is 8.47. The van der Waals surface area contributed by atoms with Crippen LogP contribution in [-0.4, -0.2) is 24.0 Å². The minimum atomic E-state index is -1.01. The van der Waals surface area contributed by atoms with Crippen molar-refractivity contribution in [2.24, 2.45) is 0 Å². The molecule has 4 rings (SSSR count).